The van der Waals surface area contributed by atoms with Crippen molar-refractivity contribution in [2.75, 3.05) is 0 Å². The highest BCUT2D eigenvalue weighted by molar-refractivity contribution is 6.27. The molecule has 0 fully saturated rings. The van der Waals surface area contributed by atoms with Crippen LogP contribution in [0, 0.1) is 46.3 Å². The SMILES string of the molecule is O=[N+]([O-])c1ccc(F)c(N=C2c3cc([N+](=O)[O-])ccc3-c3c2cc([N+](=O)[O-])cc3[N+](=O)[O-])c1. The van der Waals surface area contributed by atoms with Crippen LogP contribution in [0.1, 0.15) is 11.1 Å². The monoisotopic (exact) mass is 453 g/mol. The second-order valence-corrected chi connectivity index (χ2v) is 6.74. The second kappa shape index (κ2) is 7.52. The maximum absolute atomic E-state index is 14.4. The van der Waals surface area contributed by atoms with Crippen molar-refractivity contribution in [3.63, 3.8) is 0 Å². The van der Waals surface area contributed by atoms with Gasteiger partial charge in [0.1, 0.15) is 11.5 Å². The summed E-state index contributed by atoms with van der Waals surface area (Å²) in [7, 11) is 0. The van der Waals surface area contributed by atoms with E-state index in [1.54, 1.807) is 0 Å². The van der Waals surface area contributed by atoms with E-state index in [1.165, 1.54) is 6.07 Å². The number of rotatable bonds is 5. The van der Waals surface area contributed by atoms with Crippen molar-refractivity contribution in [3.05, 3.63) is 106 Å². The van der Waals surface area contributed by atoms with Crippen molar-refractivity contribution in [2.45, 2.75) is 0 Å². The van der Waals surface area contributed by atoms with Crippen LogP contribution in [0.4, 0.5) is 32.8 Å². The van der Waals surface area contributed by atoms with Crippen molar-refractivity contribution in [1.29, 1.82) is 0 Å². The van der Waals surface area contributed by atoms with Gasteiger partial charge in [-0.2, -0.15) is 0 Å². The molecular formula is C19H8FN5O8. The summed E-state index contributed by atoms with van der Waals surface area (Å²) in [5.74, 6) is -0.978. The van der Waals surface area contributed by atoms with Crippen LogP contribution in [0.5, 0.6) is 0 Å². The Morgan fingerprint density at radius 1 is 0.636 bits per heavy atom. The predicted molar refractivity (Wildman–Crippen MR) is 110 cm³/mol. The number of nitrogens with zero attached hydrogens (tertiary/aromatic N) is 5. The molecule has 0 saturated carbocycles. The van der Waals surface area contributed by atoms with Gasteiger partial charge in [-0.25, -0.2) is 9.38 Å². The van der Waals surface area contributed by atoms with Gasteiger partial charge in [0.25, 0.3) is 22.7 Å². The van der Waals surface area contributed by atoms with E-state index in [1.807, 2.05) is 0 Å². The highest BCUT2D eigenvalue weighted by Gasteiger charge is 2.36. The van der Waals surface area contributed by atoms with Gasteiger partial charge in [0.05, 0.1) is 37.0 Å². The van der Waals surface area contributed by atoms with Crippen LogP contribution >= 0.6 is 0 Å². The quantitative estimate of drug-likeness (QED) is 0.309. The smallest absolute Gasteiger partial charge is 0.258 e. The molecule has 0 aromatic heterocycles. The lowest BCUT2D eigenvalue weighted by Crippen LogP contribution is -2.02. The van der Waals surface area contributed by atoms with E-state index < -0.39 is 53.9 Å². The normalized spacial score (nSPS) is 12.8. The van der Waals surface area contributed by atoms with Gasteiger partial charge >= 0.3 is 0 Å². The molecule has 0 N–H and O–H groups in total. The van der Waals surface area contributed by atoms with Crippen molar-refractivity contribution < 1.29 is 24.1 Å². The van der Waals surface area contributed by atoms with Crippen LogP contribution in [-0.4, -0.2) is 25.4 Å². The Morgan fingerprint density at radius 3 is 1.82 bits per heavy atom. The maximum Gasteiger partial charge on any atom is 0.284 e. The standard InChI is InChI=1S/C19H8FN5O8/c20-15-4-2-10(23(28)29)7-16(15)21-19-13-5-9(22(26)27)1-3-12(13)18-14(19)6-11(24(30)31)8-17(18)25(32)33/h1-8H. The lowest BCUT2D eigenvalue weighted by Gasteiger charge is -2.04. The van der Waals surface area contributed by atoms with E-state index in [4.69, 9.17) is 0 Å². The molecule has 0 heterocycles. The third-order valence-electron chi connectivity index (χ3n) is 4.88. The molecule has 0 spiro atoms. The number of aliphatic imine (C=N–C) groups is 1. The Bertz CT molecular complexity index is 1450. The molecule has 3 aromatic carbocycles. The van der Waals surface area contributed by atoms with Gasteiger partial charge in [-0.1, -0.05) is 0 Å². The topological polar surface area (TPSA) is 185 Å². The molecule has 33 heavy (non-hydrogen) atoms. The largest absolute Gasteiger partial charge is 0.284 e. The Balaban J connectivity index is 2.10. The third-order valence-corrected chi connectivity index (χ3v) is 4.88. The van der Waals surface area contributed by atoms with Crippen LogP contribution in [0.15, 0.2) is 53.5 Å². The molecule has 1 aliphatic carbocycles. The summed E-state index contributed by atoms with van der Waals surface area (Å²) < 4.78 is 14.4. The van der Waals surface area contributed by atoms with E-state index >= 15 is 0 Å². The molecule has 164 valence electrons. The number of hydrogen-bond acceptors (Lipinski definition) is 9. The zero-order valence-corrected chi connectivity index (χ0v) is 16.0. The van der Waals surface area contributed by atoms with Gasteiger partial charge < -0.3 is 0 Å². The van der Waals surface area contributed by atoms with Gasteiger partial charge in [0.2, 0.25) is 0 Å². The number of nitro benzene ring substituents is 4. The minimum absolute atomic E-state index is 0.0197. The summed E-state index contributed by atoms with van der Waals surface area (Å²) in [5, 5.41) is 45.3. The zero-order valence-electron chi connectivity index (χ0n) is 16.0. The molecule has 0 atom stereocenters. The van der Waals surface area contributed by atoms with Crippen LogP contribution < -0.4 is 0 Å². The zero-order chi connectivity index (χ0) is 24.0. The van der Waals surface area contributed by atoms with E-state index in [0.717, 1.165) is 42.5 Å². The Hall–Kier alpha value is -5.14. The Labute approximate surface area is 181 Å². The molecular weight excluding hydrogens is 445 g/mol. The van der Waals surface area contributed by atoms with E-state index in [2.05, 4.69) is 4.99 Å². The molecule has 0 saturated heterocycles. The molecule has 4 rings (SSSR count). The summed E-state index contributed by atoms with van der Waals surface area (Å²) in [5.41, 5.74) is -3.14. The minimum Gasteiger partial charge on any atom is -0.258 e. The molecule has 0 amide bonds. The summed E-state index contributed by atoms with van der Waals surface area (Å²) >= 11 is 0. The fraction of sp³-hybridized carbons (Fsp3) is 0. The van der Waals surface area contributed by atoms with E-state index in [-0.39, 0.29) is 28.0 Å². The molecule has 0 radical (unpaired) electrons. The first kappa shape index (κ1) is 21.1. The van der Waals surface area contributed by atoms with Crippen molar-refractivity contribution >= 4 is 34.1 Å². The Kier molecular flexibility index (Phi) is 4.81. The van der Waals surface area contributed by atoms with E-state index in [0.29, 0.717) is 0 Å². The number of hydrogen-bond donors (Lipinski definition) is 0. The number of nitro groups is 4. The summed E-state index contributed by atoms with van der Waals surface area (Å²) in [6.45, 7) is 0. The lowest BCUT2D eigenvalue weighted by molar-refractivity contribution is -0.393. The maximum atomic E-state index is 14.4. The first-order chi connectivity index (χ1) is 15.6. The number of fused-ring (bicyclic) bond motifs is 3. The van der Waals surface area contributed by atoms with Crippen molar-refractivity contribution in [2.24, 2.45) is 4.99 Å². The van der Waals surface area contributed by atoms with Crippen LogP contribution in [0.2, 0.25) is 0 Å². The minimum atomic E-state index is -0.978. The summed E-state index contributed by atoms with van der Waals surface area (Å²) in [4.78, 5) is 46.1. The fourth-order valence-electron chi connectivity index (χ4n) is 3.48. The highest BCUT2D eigenvalue weighted by Crippen LogP contribution is 2.46. The van der Waals surface area contributed by atoms with Gasteiger partial charge in [0, 0.05) is 41.5 Å². The van der Waals surface area contributed by atoms with Gasteiger partial charge in [-0.05, 0) is 17.7 Å². The number of benzene rings is 3. The van der Waals surface area contributed by atoms with Crippen molar-refractivity contribution in [3.8, 4) is 11.1 Å². The van der Waals surface area contributed by atoms with Crippen LogP contribution in [0.25, 0.3) is 11.1 Å². The van der Waals surface area contributed by atoms with Gasteiger partial charge in [-0.3, -0.25) is 40.5 Å². The van der Waals surface area contributed by atoms with Crippen molar-refractivity contribution in [1.82, 2.24) is 0 Å². The number of non-ortho nitro benzene ring substituents is 3. The Morgan fingerprint density at radius 2 is 1.21 bits per heavy atom. The molecule has 1 aliphatic rings. The van der Waals surface area contributed by atoms with Crippen LogP contribution in [-0.2, 0) is 0 Å². The molecule has 0 unspecified atom stereocenters. The predicted octanol–water partition coefficient (Wildman–Crippen LogP) is 4.61. The molecule has 14 heteroatoms. The first-order valence-corrected chi connectivity index (χ1v) is 8.87. The molecule has 0 aliphatic heterocycles. The third kappa shape index (κ3) is 3.50. The average Bonchev–Trinajstić information content (AvgIpc) is 3.07. The second-order valence-electron chi connectivity index (χ2n) is 6.74. The number of halogens is 1. The highest BCUT2D eigenvalue weighted by atomic mass is 19.1. The molecule has 13 nitrogen and oxygen atoms in total. The molecule has 0 bridgehead atoms. The van der Waals surface area contributed by atoms with Gasteiger partial charge in [-0.15, -0.1) is 0 Å². The first-order valence-electron chi connectivity index (χ1n) is 8.87. The average molecular weight is 453 g/mol. The summed E-state index contributed by atoms with van der Waals surface area (Å²) in [6, 6.07) is 7.56. The molecule has 3 aromatic rings. The van der Waals surface area contributed by atoms with E-state index in [9.17, 15) is 44.8 Å². The fourth-order valence-corrected chi connectivity index (χ4v) is 3.48. The summed E-state index contributed by atoms with van der Waals surface area (Å²) in [6.07, 6.45) is 0. The van der Waals surface area contributed by atoms with Crippen LogP contribution in [0.3, 0.4) is 0 Å². The lowest BCUT2D eigenvalue weighted by atomic mass is 10.0. The van der Waals surface area contributed by atoms with Gasteiger partial charge in [0.15, 0.2) is 0 Å².